The van der Waals surface area contributed by atoms with Gasteiger partial charge < -0.3 is 10.6 Å². The molecule has 8 heteroatoms. The van der Waals surface area contributed by atoms with Gasteiger partial charge in [-0.25, -0.2) is 9.67 Å². The van der Waals surface area contributed by atoms with E-state index in [1.165, 1.54) is 5.56 Å². The highest BCUT2D eigenvalue weighted by atomic mass is 127. The lowest BCUT2D eigenvalue weighted by atomic mass is 10.2. The number of guanidine groups is 1. The van der Waals surface area contributed by atoms with Crippen molar-refractivity contribution in [3.63, 3.8) is 0 Å². The molecule has 0 spiro atoms. The fraction of sp³-hybridized carbons (Fsp3) is 0.350. The van der Waals surface area contributed by atoms with Crippen molar-refractivity contribution in [2.45, 2.75) is 32.7 Å². The molecule has 0 aliphatic heterocycles. The maximum Gasteiger partial charge on any atom is 0.191 e. The molecule has 0 saturated heterocycles. The molecule has 0 aliphatic rings. The van der Waals surface area contributed by atoms with Gasteiger partial charge in [0.2, 0.25) is 0 Å². The highest BCUT2D eigenvalue weighted by molar-refractivity contribution is 14.0. The molecule has 28 heavy (non-hydrogen) atoms. The third-order valence-electron chi connectivity index (χ3n) is 4.15. The number of aromatic nitrogens is 3. The van der Waals surface area contributed by atoms with Crippen molar-refractivity contribution in [3.05, 3.63) is 64.4 Å². The summed E-state index contributed by atoms with van der Waals surface area (Å²) in [6, 6.07) is 10.1. The summed E-state index contributed by atoms with van der Waals surface area (Å²) in [5, 5.41) is 14.3. The highest BCUT2D eigenvalue weighted by Crippen LogP contribution is 2.17. The molecule has 3 rings (SSSR count). The van der Waals surface area contributed by atoms with E-state index in [1.54, 1.807) is 18.4 Å². The summed E-state index contributed by atoms with van der Waals surface area (Å²) in [6.45, 7) is 5.79. The molecule has 6 nitrogen and oxygen atoms in total. The quantitative estimate of drug-likeness (QED) is 0.287. The van der Waals surface area contributed by atoms with E-state index in [0.717, 1.165) is 35.3 Å². The molecule has 0 unspecified atom stereocenters. The van der Waals surface area contributed by atoms with E-state index in [0.29, 0.717) is 12.5 Å². The van der Waals surface area contributed by atoms with Gasteiger partial charge in [-0.15, -0.1) is 35.3 Å². The van der Waals surface area contributed by atoms with Crippen molar-refractivity contribution >= 4 is 41.3 Å². The first kappa shape index (κ1) is 22.4. The number of hydrogen-bond donors (Lipinski definition) is 2. The van der Waals surface area contributed by atoms with Crippen molar-refractivity contribution < 1.29 is 0 Å². The molecule has 2 heterocycles. The Morgan fingerprint density at radius 1 is 1.21 bits per heavy atom. The molecule has 3 aromatic rings. The number of hydrogen-bond acceptors (Lipinski definition) is 4. The Bertz CT molecular complexity index is 872. The van der Waals surface area contributed by atoms with Gasteiger partial charge in [0.25, 0.3) is 0 Å². The minimum absolute atomic E-state index is 0. The predicted octanol–water partition coefficient (Wildman–Crippen LogP) is 3.98. The third kappa shape index (κ3) is 6.30. The number of thiazole rings is 1. The monoisotopic (exact) mass is 510 g/mol. The van der Waals surface area contributed by atoms with Gasteiger partial charge in [0.05, 0.1) is 24.1 Å². The lowest BCUT2D eigenvalue weighted by Gasteiger charge is -2.10. The molecule has 150 valence electrons. The smallest absolute Gasteiger partial charge is 0.191 e. The van der Waals surface area contributed by atoms with Crippen LogP contribution in [0, 0.1) is 0 Å². The summed E-state index contributed by atoms with van der Waals surface area (Å²) in [4.78, 5) is 8.92. The Balaban J connectivity index is 0.00000280. The maximum atomic E-state index is 4.64. The average molecular weight is 510 g/mol. The van der Waals surface area contributed by atoms with Crippen molar-refractivity contribution in [1.82, 2.24) is 25.4 Å². The molecule has 0 fully saturated rings. The van der Waals surface area contributed by atoms with Crippen LogP contribution in [0.5, 0.6) is 0 Å². The van der Waals surface area contributed by atoms with E-state index in [2.05, 4.69) is 51.1 Å². The summed E-state index contributed by atoms with van der Waals surface area (Å²) < 4.78 is 1.90. The largest absolute Gasteiger partial charge is 0.356 e. The van der Waals surface area contributed by atoms with Gasteiger partial charge in [0.15, 0.2) is 5.96 Å². The zero-order chi connectivity index (χ0) is 19.1. The second-order valence-electron chi connectivity index (χ2n) is 6.55. The molecular formula is C20H27IN6S. The van der Waals surface area contributed by atoms with Crippen LogP contribution in [-0.2, 0) is 13.0 Å². The molecule has 0 saturated carbocycles. The Hall–Kier alpha value is -1.94. The predicted molar refractivity (Wildman–Crippen MR) is 127 cm³/mol. The fourth-order valence-electron chi connectivity index (χ4n) is 2.59. The second kappa shape index (κ2) is 11.2. The third-order valence-corrected chi connectivity index (χ3v) is 5.02. The van der Waals surface area contributed by atoms with Crippen LogP contribution in [0.15, 0.2) is 53.1 Å². The maximum absolute atomic E-state index is 4.64. The topological polar surface area (TPSA) is 67.1 Å². The highest BCUT2D eigenvalue weighted by Gasteiger charge is 2.06. The van der Waals surface area contributed by atoms with Gasteiger partial charge >= 0.3 is 0 Å². The van der Waals surface area contributed by atoms with Gasteiger partial charge in [0.1, 0.15) is 5.01 Å². The summed E-state index contributed by atoms with van der Waals surface area (Å²) in [6.07, 6.45) is 4.85. The number of halogens is 1. The minimum atomic E-state index is 0. The summed E-state index contributed by atoms with van der Waals surface area (Å²) in [7, 11) is 1.78. The Morgan fingerprint density at radius 2 is 2.00 bits per heavy atom. The molecule has 1 aromatic carbocycles. The fourth-order valence-corrected chi connectivity index (χ4v) is 3.48. The van der Waals surface area contributed by atoms with Crippen molar-refractivity contribution in [2.75, 3.05) is 13.6 Å². The molecular weight excluding hydrogens is 483 g/mol. The van der Waals surface area contributed by atoms with Gasteiger partial charge in [0, 0.05) is 25.2 Å². The Morgan fingerprint density at radius 3 is 2.68 bits per heavy atom. The number of rotatable bonds is 7. The summed E-state index contributed by atoms with van der Waals surface area (Å²) in [5.41, 5.74) is 3.40. The van der Waals surface area contributed by atoms with Crippen molar-refractivity contribution in [2.24, 2.45) is 4.99 Å². The van der Waals surface area contributed by atoms with Gasteiger partial charge in [-0.3, -0.25) is 4.99 Å². The molecule has 0 atom stereocenters. The zero-order valence-electron chi connectivity index (χ0n) is 16.4. The lowest BCUT2D eigenvalue weighted by molar-refractivity contribution is 0.778. The molecule has 0 bridgehead atoms. The van der Waals surface area contributed by atoms with Gasteiger partial charge in [-0.1, -0.05) is 32.0 Å². The second-order valence-corrected chi connectivity index (χ2v) is 7.49. The molecule has 2 N–H and O–H groups in total. The van der Waals surface area contributed by atoms with Crippen LogP contribution in [0.1, 0.15) is 36.0 Å². The normalized spacial score (nSPS) is 11.4. The number of aliphatic imine (C=N–C) groups is 1. The van der Waals surface area contributed by atoms with E-state index >= 15 is 0 Å². The molecule has 0 aliphatic carbocycles. The van der Waals surface area contributed by atoms with E-state index in [1.807, 2.05) is 41.2 Å². The van der Waals surface area contributed by atoms with Crippen LogP contribution in [0.4, 0.5) is 0 Å². The van der Waals surface area contributed by atoms with Gasteiger partial charge in [-0.2, -0.15) is 5.10 Å². The van der Waals surface area contributed by atoms with Crippen molar-refractivity contribution in [3.8, 4) is 5.69 Å². The Labute approximate surface area is 187 Å². The lowest BCUT2D eigenvalue weighted by Crippen LogP contribution is -2.37. The first-order valence-electron chi connectivity index (χ1n) is 9.13. The van der Waals surface area contributed by atoms with E-state index < -0.39 is 0 Å². The summed E-state index contributed by atoms with van der Waals surface area (Å²) >= 11 is 1.68. The van der Waals surface area contributed by atoms with Gasteiger partial charge in [-0.05, 0) is 30.0 Å². The van der Waals surface area contributed by atoms with Crippen LogP contribution < -0.4 is 10.6 Å². The summed E-state index contributed by atoms with van der Waals surface area (Å²) in [5.74, 6) is 1.25. The minimum Gasteiger partial charge on any atom is -0.356 e. The standard InChI is InChI=1S/C20H26N6S.HI/c1-15(2)18-14-27-19(25-18)12-23-20(21-3)22-10-9-16-11-24-26(13-16)17-7-5-4-6-8-17;/h4-8,11,13-15H,9-10,12H2,1-3H3,(H2,21,22,23);1H. The van der Waals surface area contributed by atoms with Crippen LogP contribution in [-0.4, -0.2) is 34.3 Å². The Kier molecular flexibility index (Phi) is 8.91. The van der Waals surface area contributed by atoms with E-state index in [-0.39, 0.29) is 24.0 Å². The van der Waals surface area contributed by atoms with Crippen LogP contribution in [0.2, 0.25) is 0 Å². The molecule has 0 radical (unpaired) electrons. The number of nitrogens with zero attached hydrogens (tertiary/aromatic N) is 4. The SMILES string of the molecule is CN=C(NCCc1cnn(-c2ccccc2)c1)NCc1nc(C(C)C)cs1.I. The van der Waals surface area contributed by atoms with Crippen LogP contribution in [0.25, 0.3) is 5.69 Å². The number of para-hydroxylation sites is 1. The van der Waals surface area contributed by atoms with Crippen LogP contribution in [0.3, 0.4) is 0 Å². The molecule has 2 aromatic heterocycles. The van der Waals surface area contributed by atoms with Crippen LogP contribution >= 0.6 is 35.3 Å². The first-order valence-corrected chi connectivity index (χ1v) is 10.0. The average Bonchev–Trinajstić information content (AvgIpc) is 3.35. The number of benzene rings is 1. The van der Waals surface area contributed by atoms with Crippen molar-refractivity contribution in [1.29, 1.82) is 0 Å². The number of nitrogens with one attached hydrogen (secondary N) is 2. The first-order chi connectivity index (χ1) is 13.2. The molecule has 0 amide bonds. The zero-order valence-corrected chi connectivity index (χ0v) is 19.6. The van der Waals surface area contributed by atoms with E-state index in [4.69, 9.17) is 0 Å². The van der Waals surface area contributed by atoms with E-state index in [9.17, 15) is 0 Å².